The first-order chi connectivity index (χ1) is 6.70. The Balaban J connectivity index is 2.91. The van der Waals surface area contributed by atoms with E-state index in [9.17, 15) is 4.79 Å². The van der Waals surface area contributed by atoms with E-state index in [-0.39, 0.29) is 10.8 Å². The summed E-state index contributed by atoms with van der Waals surface area (Å²) in [6.45, 7) is 0. The van der Waals surface area contributed by atoms with Crippen LogP contribution in [0.4, 0.5) is 0 Å². The van der Waals surface area contributed by atoms with E-state index in [1.54, 1.807) is 12.1 Å². The van der Waals surface area contributed by atoms with Crippen LogP contribution in [-0.2, 0) is 0 Å². The highest BCUT2D eigenvalue weighted by atomic mass is 35.5. The normalized spacial score (nSPS) is 10.0. The summed E-state index contributed by atoms with van der Waals surface area (Å²) in [5.74, 6) is 0. The fourth-order valence-corrected chi connectivity index (χ4v) is 1.36. The summed E-state index contributed by atoms with van der Waals surface area (Å²) < 4.78 is 0. The molecule has 4 nitrogen and oxygen atoms in total. The van der Waals surface area contributed by atoms with Gasteiger partial charge in [0.25, 0.3) is 5.56 Å². The lowest BCUT2D eigenvalue weighted by atomic mass is 10.2. The molecule has 0 aliphatic heterocycles. The van der Waals surface area contributed by atoms with Crippen molar-refractivity contribution in [3.8, 4) is 6.07 Å². The molecule has 5 heteroatoms. The largest absolute Gasteiger partial charge is 0.297 e. The first-order valence-corrected chi connectivity index (χ1v) is 4.18. The maximum absolute atomic E-state index is 11.4. The Labute approximate surface area is 83.8 Å². The summed E-state index contributed by atoms with van der Waals surface area (Å²) in [4.78, 5) is 17.6. The molecule has 0 aliphatic rings. The topological polar surface area (TPSA) is 69.5 Å². The van der Waals surface area contributed by atoms with Gasteiger partial charge in [-0.15, -0.1) is 0 Å². The summed E-state index contributed by atoms with van der Waals surface area (Å²) in [5, 5.41) is 9.05. The molecule has 0 saturated heterocycles. The Morgan fingerprint density at radius 1 is 1.50 bits per heavy atom. The van der Waals surface area contributed by atoms with Crippen LogP contribution in [-0.4, -0.2) is 9.97 Å². The Bertz CT molecular complexity index is 597. The predicted octanol–water partition coefficient (Wildman–Crippen LogP) is 1.45. The number of hydrogen-bond acceptors (Lipinski definition) is 3. The molecule has 0 radical (unpaired) electrons. The predicted molar refractivity (Wildman–Crippen MR) is 52.1 cm³/mol. The second kappa shape index (κ2) is 3.13. The molecule has 0 atom stereocenters. The molecule has 1 heterocycles. The third-order valence-corrected chi connectivity index (χ3v) is 1.98. The van der Waals surface area contributed by atoms with E-state index in [1.807, 2.05) is 6.07 Å². The highest BCUT2D eigenvalue weighted by molar-refractivity contribution is 6.28. The van der Waals surface area contributed by atoms with Crippen LogP contribution in [0.1, 0.15) is 5.56 Å². The van der Waals surface area contributed by atoms with E-state index < -0.39 is 0 Å². The maximum Gasteiger partial charge on any atom is 0.259 e. The minimum absolute atomic E-state index is 0.0483. The van der Waals surface area contributed by atoms with Gasteiger partial charge in [-0.2, -0.15) is 5.26 Å². The summed E-state index contributed by atoms with van der Waals surface area (Å²) >= 11 is 5.57. The summed E-state index contributed by atoms with van der Waals surface area (Å²) in [7, 11) is 0. The zero-order chi connectivity index (χ0) is 10.1. The van der Waals surface area contributed by atoms with Crippen molar-refractivity contribution in [3.63, 3.8) is 0 Å². The number of aromatic amines is 1. The summed E-state index contributed by atoms with van der Waals surface area (Å²) in [6.07, 6.45) is 0. The van der Waals surface area contributed by atoms with Crippen molar-refractivity contribution in [2.24, 2.45) is 0 Å². The minimum atomic E-state index is -0.336. The van der Waals surface area contributed by atoms with Gasteiger partial charge in [0.15, 0.2) is 0 Å². The number of fused-ring (bicyclic) bond motifs is 1. The van der Waals surface area contributed by atoms with Crippen molar-refractivity contribution in [2.75, 3.05) is 0 Å². The van der Waals surface area contributed by atoms with Gasteiger partial charge in [0, 0.05) is 0 Å². The second-order valence-electron chi connectivity index (χ2n) is 2.70. The van der Waals surface area contributed by atoms with Crippen LogP contribution in [0.15, 0.2) is 23.0 Å². The molecular formula is C9H4ClN3O. The van der Waals surface area contributed by atoms with Crippen LogP contribution in [0, 0.1) is 11.3 Å². The number of H-pyrrole nitrogens is 1. The van der Waals surface area contributed by atoms with Gasteiger partial charge in [-0.25, -0.2) is 4.98 Å². The molecule has 0 spiro atoms. The standard InChI is InChI=1S/C9H4ClN3O/c10-9-12-7-2-1-5(4-11)3-6(7)8(14)13-9/h1-3H,(H,12,13,14). The average Bonchev–Trinajstić information content (AvgIpc) is 2.17. The van der Waals surface area contributed by atoms with Crippen LogP contribution in [0.2, 0.25) is 5.28 Å². The number of nitrogens with one attached hydrogen (secondary N) is 1. The Morgan fingerprint density at radius 2 is 2.29 bits per heavy atom. The lowest BCUT2D eigenvalue weighted by Crippen LogP contribution is -2.07. The van der Waals surface area contributed by atoms with E-state index in [4.69, 9.17) is 16.9 Å². The van der Waals surface area contributed by atoms with Crippen LogP contribution >= 0.6 is 11.6 Å². The molecule has 1 aromatic carbocycles. The number of rotatable bonds is 0. The quantitative estimate of drug-likeness (QED) is 0.662. The third kappa shape index (κ3) is 1.34. The van der Waals surface area contributed by atoms with Crippen molar-refractivity contribution < 1.29 is 0 Å². The molecule has 0 unspecified atom stereocenters. The van der Waals surface area contributed by atoms with Crippen LogP contribution in [0.5, 0.6) is 0 Å². The van der Waals surface area contributed by atoms with Crippen molar-refractivity contribution in [3.05, 3.63) is 39.4 Å². The van der Waals surface area contributed by atoms with Crippen molar-refractivity contribution >= 4 is 22.5 Å². The minimum Gasteiger partial charge on any atom is -0.297 e. The lowest BCUT2D eigenvalue weighted by molar-refractivity contribution is 1.17. The van der Waals surface area contributed by atoms with E-state index >= 15 is 0 Å². The van der Waals surface area contributed by atoms with Crippen LogP contribution in [0.3, 0.4) is 0 Å². The van der Waals surface area contributed by atoms with Gasteiger partial charge in [0.05, 0.1) is 22.5 Å². The molecule has 68 valence electrons. The zero-order valence-corrected chi connectivity index (χ0v) is 7.67. The highest BCUT2D eigenvalue weighted by Crippen LogP contribution is 2.10. The monoisotopic (exact) mass is 205 g/mol. The number of benzene rings is 1. The number of nitriles is 1. The first kappa shape index (κ1) is 8.73. The molecule has 14 heavy (non-hydrogen) atoms. The van der Waals surface area contributed by atoms with Gasteiger partial charge in [-0.3, -0.25) is 9.78 Å². The second-order valence-corrected chi connectivity index (χ2v) is 3.06. The fourth-order valence-electron chi connectivity index (χ4n) is 1.18. The molecule has 2 rings (SSSR count). The SMILES string of the molecule is N#Cc1ccc2nc(Cl)[nH]c(=O)c2c1. The molecule has 0 amide bonds. The molecule has 0 fully saturated rings. The molecular weight excluding hydrogens is 202 g/mol. The maximum atomic E-state index is 11.4. The van der Waals surface area contributed by atoms with Crippen LogP contribution < -0.4 is 5.56 Å². The van der Waals surface area contributed by atoms with Gasteiger partial charge in [-0.1, -0.05) is 0 Å². The van der Waals surface area contributed by atoms with Gasteiger partial charge < -0.3 is 0 Å². The van der Waals surface area contributed by atoms with Gasteiger partial charge >= 0.3 is 0 Å². The van der Waals surface area contributed by atoms with Crippen molar-refractivity contribution in [2.45, 2.75) is 0 Å². The summed E-state index contributed by atoms with van der Waals surface area (Å²) in [6, 6.07) is 6.61. The molecule has 2 aromatic rings. The molecule has 0 bridgehead atoms. The molecule has 0 aliphatic carbocycles. The Kier molecular flexibility index (Phi) is 1.95. The highest BCUT2D eigenvalue weighted by Gasteiger charge is 2.02. The Hall–Kier alpha value is -1.86. The van der Waals surface area contributed by atoms with Crippen molar-refractivity contribution in [1.29, 1.82) is 5.26 Å². The average molecular weight is 206 g/mol. The Morgan fingerprint density at radius 3 is 3.00 bits per heavy atom. The van der Waals surface area contributed by atoms with Gasteiger partial charge in [-0.05, 0) is 29.8 Å². The molecule has 0 saturated carbocycles. The fraction of sp³-hybridized carbons (Fsp3) is 0. The van der Waals surface area contributed by atoms with Gasteiger partial charge in [0.1, 0.15) is 0 Å². The number of aromatic nitrogens is 2. The van der Waals surface area contributed by atoms with Crippen LogP contribution in [0.25, 0.3) is 10.9 Å². The van der Waals surface area contributed by atoms with E-state index in [0.29, 0.717) is 16.5 Å². The summed E-state index contributed by atoms with van der Waals surface area (Å²) in [5.41, 5.74) is 0.571. The zero-order valence-electron chi connectivity index (χ0n) is 6.91. The van der Waals surface area contributed by atoms with E-state index in [0.717, 1.165) is 0 Å². The number of hydrogen-bond donors (Lipinski definition) is 1. The number of halogens is 1. The third-order valence-electron chi connectivity index (χ3n) is 1.81. The van der Waals surface area contributed by atoms with E-state index in [1.165, 1.54) is 6.07 Å². The molecule has 1 aromatic heterocycles. The first-order valence-electron chi connectivity index (χ1n) is 3.80. The number of nitrogens with zero attached hydrogens (tertiary/aromatic N) is 2. The smallest absolute Gasteiger partial charge is 0.259 e. The van der Waals surface area contributed by atoms with Gasteiger partial charge in [0.2, 0.25) is 5.28 Å². The van der Waals surface area contributed by atoms with E-state index in [2.05, 4.69) is 9.97 Å². The molecule has 1 N–H and O–H groups in total. The lowest BCUT2D eigenvalue weighted by Gasteiger charge is -1.96. The van der Waals surface area contributed by atoms with Crippen molar-refractivity contribution in [1.82, 2.24) is 9.97 Å².